The second kappa shape index (κ2) is 8.27. The highest BCUT2D eigenvalue weighted by Crippen LogP contribution is 2.49. The summed E-state index contributed by atoms with van der Waals surface area (Å²) in [5, 5.41) is 0. The minimum Gasteiger partial charge on any atom is -0.383 e. The van der Waals surface area contributed by atoms with Crippen molar-refractivity contribution in [2.45, 2.75) is 56.0 Å². The van der Waals surface area contributed by atoms with E-state index in [4.69, 9.17) is 4.74 Å². The molecule has 29 heavy (non-hydrogen) atoms. The molecule has 1 saturated heterocycles. The molecule has 1 aromatic rings. The van der Waals surface area contributed by atoms with Crippen LogP contribution in [0.1, 0.15) is 50.5 Å². The molecule has 2 amide bonds. The Labute approximate surface area is 176 Å². The van der Waals surface area contributed by atoms with Crippen molar-refractivity contribution in [2.24, 2.45) is 5.92 Å². The minimum absolute atomic E-state index is 0.00525. The SMILES string of the molecule is COCCN1C[C@]2(CC[C@](c3ccccc3)(N(C)C)CC2)N(CC2CCC2)C1=O. The predicted molar refractivity (Wildman–Crippen MR) is 116 cm³/mol. The molecule has 2 aliphatic carbocycles. The van der Waals surface area contributed by atoms with Crippen LogP contribution in [0.15, 0.2) is 30.3 Å². The molecule has 3 aliphatic rings. The summed E-state index contributed by atoms with van der Waals surface area (Å²) in [6.45, 7) is 3.13. The lowest BCUT2D eigenvalue weighted by atomic mass is 9.68. The molecular weight excluding hydrogens is 362 g/mol. The first-order valence-corrected chi connectivity index (χ1v) is 11.3. The normalized spacial score (nSPS) is 30.4. The summed E-state index contributed by atoms with van der Waals surface area (Å²) < 4.78 is 5.28. The Morgan fingerprint density at radius 1 is 1.10 bits per heavy atom. The van der Waals surface area contributed by atoms with Gasteiger partial charge in [0.15, 0.2) is 0 Å². The van der Waals surface area contributed by atoms with Crippen LogP contribution in [0.25, 0.3) is 0 Å². The first kappa shape index (κ1) is 20.7. The minimum atomic E-state index is -0.00525. The van der Waals surface area contributed by atoms with Crippen LogP contribution in [0, 0.1) is 5.92 Å². The molecule has 3 fully saturated rings. The Bertz CT molecular complexity index is 693. The van der Waals surface area contributed by atoms with E-state index in [0.29, 0.717) is 19.1 Å². The third-order valence-electron chi connectivity index (χ3n) is 7.97. The highest BCUT2D eigenvalue weighted by molar-refractivity contribution is 5.78. The second-order valence-corrected chi connectivity index (χ2v) is 9.62. The third kappa shape index (κ3) is 3.68. The van der Waals surface area contributed by atoms with Gasteiger partial charge in [-0.15, -0.1) is 0 Å². The zero-order valence-corrected chi connectivity index (χ0v) is 18.4. The monoisotopic (exact) mass is 399 g/mol. The molecule has 0 aromatic heterocycles. The van der Waals surface area contributed by atoms with Crippen LogP contribution < -0.4 is 0 Å². The van der Waals surface area contributed by atoms with Gasteiger partial charge in [-0.3, -0.25) is 4.90 Å². The molecule has 0 bridgehead atoms. The summed E-state index contributed by atoms with van der Waals surface area (Å²) in [6, 6.07) is 11.2. The van der Waals surface area contributed by atoms with Crippen molar-refractivity contribution in [3.05, 3.63) is 35.9 Å². The van der Waals surface area contributed by atoms with Crippen molar-refractivity contribution >= 4 is 6.03 Å². The van der Waals surface area contributed by atoms with E-state index in [1.54, 1.807) is 7.11 Å². The fourth-order valence-corrected chi connectivity index (χ4v) is 5.76. The maximum atomic E-state index is 13.3. The summed E-state index contributed by atoms with van der Waals surface area (Å²) in [5.74, 6) is 0.702. The zero-order chi connectivity index (χ0) is 20.5. The van der Waals surface area contributed by atoms with Gasteiger partial charge in [0.25, 0.3) is 0 Å². The van der Waals surface area contributed by atoms with E-state index in [-0.39, 0.29) is 17.1 Å². The number of amides is 2. The van der Waals surface area contributed by atoms with Crippen LogP contribution in [0.5, 0.6) is 0 Å². The lowest BCUT2D eigenvalue weighted by Gasteiger charge is -2.51. The van der Waals surface area contributed by atoms with Crippen LogP contribution in [0.2, 0.25) is 0 Å². The van der Waals surface area contributed by atoms with Crippen molar-refractivity contribution in [3.8, 4) is 0 Å². The third-order valence-corrected chi connectivity index (χ3v) is 7.97. The number of methoxy groups -OCH3 is 1. The van der Waals surface area contributed by atoms with E-state index in [1.165, 1.54) is 24.8 Å². The highest BCUT2D eigenvalue weighted by atomic mass is 16.5. The fourth-order valence-electron chi connectivity index (χ4n) is 5.76. The standard InChI is InChI=1S/C24H37N3O2/c1-25(2)24(21-10-5-4-6-11-21)14-12-23(13-15-24)19-26(16-17-29-3)22(28)27(23)18-20-8-7-9-20/h4-6,10-11,20H,7-9,12-19H2,1-3H3/t23-,24+. The number of rotatable bonds is 7. The lowest BCUT2D eigenvalue weighted by molar-refractivity contribution is 0.0157. The Hall–Kier alpha value is -1.59. The number of benzene rings is 1. The Morgan fingerprint density at radius 2 is 1.79 bits per heavy atom. The van der Waals surface area contributed by atoms with Crippen LogP contribution in [-0.2, 0) is 10.3 Å². The van der Waals surface area contributed by atoms with Crippen molar-refractivity contribution in [2.75, 3.05) is 47.4 Å². The average molecular weight is 400 g/mol. The van der Waals surface area contributed by atoms with Crippen molar-refractivity contribution < 1.29 is 9.53 Å². The molecule has 1 aromatic carbocycles. The molecule has 1 spiro atoms. The molecule has 0 N–H and O–H groups in total. The van der Waals surface area contributed by atoms with E-state index >= 15 is 0 Å². The van der Waals surface area contributed by atoms with Gasteiger partial charge in [0.1, 0.15) is 0 Å². The molecule has 2 saturated carbocycles. The van der Waals surface area contributed by atoms with Gasteiger partial charge in [-0.25, -0.2) is 4.79 Å². The summed E-state index contributed by atoms with van der Waals surface area (Å²) >= 11 is 0. The molecule has 0 radical (unpaired) electrons. The molecule has 1 aliphatic heterocycles. The molecule has 4 rings (SSSR count). The molecular formula is C24H37N3O2. The zero-order valence-electron chi connectivity index (χ0n) is 18.4. The number of nitrogens with zero attached hydrogens (tertiary/aromatic N) is 3. The van der Waals surface area contributed by atoms with E-state index in [0.717, 1.165) is 38.8 Å². The number of ether oxygens (including phenoxy) is 1. The van der Waals surface area contributed by atoms with Gasteiger partial charge < -0.3 is 14.5 Å². The molecule has 1 heterocycles. The topological polar surface area (TPSA) is 36.0 Å². The highest BCUT2D eigenvalue weighted by Gasteiger charge is 2.54. The van der Waals surface area contributed by atoms with E-state index < -0.39 is 0 Å². The second-order valence-electron chi connectivity index (χ2n) is 9.62. The van der Waals surface area contributed by atoms with Gasteiger partial charge in [-0.2, -0.15) is 0 Å². The van der Waals surface area contributed by atoms with Crippen molar-refractivity contribution in [1.82, 2.24) is 14.7 Å². The van der Waals surface area contributed by atoms with Gasteiger partial charge in [0.2, 0.25) is 0 Å². The average Bonchev–Trinajstić information content (AvgIpc) is 2.95. The Balaban J connectivity index is 1.56. The van der Waals surface area contributed by atoms with E-state index in [2.05, 4.69) is 54.2 Å². The van der Waals surface area contributed by atoms with E-state index in [1.807, 2.05) is 4.90 Å². The lowest BCUT2D eigenvalue weighted by Crippen LogP contribution is -2.56. The maximum Gasteiger partial charge on any atom is 0.320 e. The molecule has 0 atom stereocenters. The number of carbonyl (C=O) groups excluding carboxylic acids is 1. The van der Waals surface area contributed by atoms with Gasteiger partial charge in [0.05, 0.1) is 12.1 Å². The summed E-state index contributed by atoms with van der Waals surface area (Å²) in [5.41, 5.74) is 1.47. The first-order chi connectivity index (χ1) is 14.0. The fraction of sp³-hybridized carbons (Fsp3) is 0.708. The quantitative estimate of drug-likeness (QED) is 0.697. The van der Waals surface area contributed by atoms with Gasteiger partial charge in [0, 0.05) is 32.3 Å². The molecule has 5 heteroatoms. The van der Waals surface area contributed by atoms with E-state index in [9.17, 15) is 4.79 Å². The van der Waals surface area contributed by atoms with Crippen LogP contribution in [-0.4, -0.2) is 73.7 Å². The number of carbonyl (C=O) groups is 1. The van der Waals surface area contributed by atoms with Crippen molar-refractivity contribution in [1.29, 1.82) is 0 Å². The summed E-state index contributed by atoms with van der Waals surface area (Å²) in [6.07, 6.45) is 8.22. The largest absolute Gasteiger partial charge is 0.383 e. The number of urea groups is 1. The summed E-state index contributed by atoms with van der Waals surface area (Å²) in [4.78, 5) is 20.0. The van der Waals surface area contributed by atoms with Crippen LogP contribution in [0.3, 0.4) is 0 Å². The van der Waals surface area contributed by atoms with Crippen LogP contribution >= 0.6 is 0 Å². The predicted octanol–water partition coefficient (Wildman–Crippen LogP) is 3.94. The molecule has 160 valence electrons. The number of hydrogen-bond donors (Lipinski definition) is 0. The summed E-state index contributed by atoms with van der Waals surface area (Å²) in [7, 11) is 6.14. The smallest absolute Gasteiger partial charge is 0.320 e. The Morgan fingerprint density at radius 3 is 2.34 bits per heavy atom. The molecule has 0 unspecified atom stereocenters. The van der Waals surface area contributed by atoms with Gasteiger partial charge in [-0.1, -0.05) is 36.8 Å². The first-order valence-electron chi connectivity index (χ1n) is 11.3. The molecule has 5 nitrogen and oxygen atoms in total. The van der Waals surface area contributed by atoms with Gasteiger partial charge in [-0.05, 0) is 64.1 Å². The Kier molecular flexibility index (Phi) is 5.90. The van der Waals surface area contributed by atoms with Crippen molar-refractivity contribution in [3.63, 3.8) is 0 Å². The number of hydrogen-bond acceptors (Lipinski definition) is 3. The van der Waals surface area contributed by atoms with Gasteiger partial charge >= 0.3 is 6.03 Å². The maximum absolute atomic E-state index is 13.3. The van der Waals surface area contributed by atoms with Crippen LogP contribution in [0.4, 0.5) is 4.79 Å².